The summed E-state index contributed by atoms with van der Waals surface area (Å²) in [6.07, 6.45) is 3.01. The minimum atomic E-state index is 0.264. The molecule has 0 bridgehead atoms. The first-order valence-electron chi connectivity index (χ1n) is 3.94. The lowest BCUT2D eigenvalue weighted by Gasteiger charge is -2.14. The molecule has 1 aliphatic rings. The molecule has 2 unspecified atom stereocenters. The zero-order valence-electron chi connectivity index (χ0n) is 6.88. The fraction of sp³-hybridized carbons (Fsp3) is 0.750. The summed E-state index contributed by atoms with van der Waals surface area (Å²) in [6.45, 7) is 6.97. The van der Waals surface area contributed by atoms with Gasteiger partial charge < -0.3 is 4.74 Å². The largest absolute Gasteiger partial charge is 0.377 e. The first-order valence-corrected chi connectivity index (χ1v) is 3.94. The van der Waals surface area contributed by atoms with E-state index in [0.29, 0.717) is 12.6 Å². The second-order valence-corrected chi connectivity index (χ2v) is 2.69. The highest BCUT2D eigenvalue weighted by Crippen LogP contribution is 2.11. The Bertz CT molecular complexity index is 127. The van der Waals surface area contributed by atoms with Gasteiger partial charge in [-0.05, 0) is 13.3 Å². The summed E-state index contributed by atoms with van der Waals surface area (Å²) in [7, 11) is 0. The lowest BCUT2D eigenvalue weighted by Crippen LogP contribution is -2.34. The highest BCUT2D eigenvalue weighted by atomic mass is 16.6. The SMILES string of the molecule is C=CCONC1CCOC1C. The normalized spacial score (nSPS) is 30.6. The molecule has 0 saturated carbocycles. The van der Waals surface area contributed by atoms with Crippen molar-refractivity contribution in [3.8, 4) is 0 Å². The first kappa shape index (κ1) is 8.71. The van der Waals surface area contributed by atoms with Crippen molar-refractivity contribution < 1.29 is 9.57 Å². The third kappa shape index (κ3) is 2.61. The van der Waals surface area contributed by atoms with Crippen molar-refractivity contribution in [3.05, 3.63) is 12.7 Å². The third-order valence-corrected chi connectivity index (χ3v) is 1.81. The molecule has 0 amide bonds. The van der Waals surface area contributed by atoms with Gasteiger partial charge in [0.05, 0.1) is 18.8 Å². The summed E-state index contributed by atoms with van der Waals surface area (Å²) < 4.78 is 5.33. The van der Waals surface area contributed by atoms with E-state index in [4.69, 9.17) is 9.57 Å². The fourth-order valence-electron chi connectivity index (χ4n) is 1.10. The third-order valence-electron chi connectivity index (χ3n) is 1.81. The van der Waals surface area contributed by atoms with Crippen LogP contribution in [0, 0.1) is 0 Å². The van der Waals surface area contributed by atoms with Gasteiger partial charge in [0.1, 0.15) is 0 Å². The molecule has 1 fully saturated rings. The Balaban J connectivity index is 2.10. The second kappa shape index (κ2) is 4.49. The molecule has 1 rings (SSSR count). The lowest BCUT2D eigenvalue weighted by molar-refractivity contribution is 0.0106. The van der Waals surface area contributed by atoms with Crippen molar-refractivity contribution in [2.75, 3.05) is 13.2 Å². The topological polar surface area (TPSA) is 30.5 Å². The van der Waals surface area contributed by atoms with E-state index in [0.717, 1.165) is 13.0 Å². The van der Waals surface area contributed by atoms with Gasteiger partial charge in [0.25, 0.3) is 0 Å². The molecular weight excluding hydrogens is 142 g/mol. The van der Waals surface area contributed by atoms with Crippen LogP contribution in [0.25, 0.3) is 0 Å². The Hall–Kier alpha value is -0.380. The number of ether oxygens (including phenoxy) is 1. The van der Waals surface area contributed by atoms with Gasteiger partial charge in [-0.15, -0.1) is 6.58 Å². The molecule has 1 N–H and O–H groups in total. The van der Waals surface area contributed by atoms with Crippen LogP contribution in [0.15, 0.2) is 12.7 Å². The van der Waals surface area contributed by atoms with E-state index in [-0.39, 0.29) is 6.10 Å². The van der Waals surface area contributed by atoms with Gasteiger partial charge in [-0.3, -0.25) is 4.84 Å². The average molecular weight is 157 g/mol. The van der Waals surface area contributed by atoms with Crippen LogP contribution < -0.4 is 5.48 Å². The monoisotopic (exact) mass is 157 g/mol. The van der Waals surface area contributed by atoms with E-state index in [1.807, 2.05) is 6.92 Å². The van der Waals surface area contributed by atoms with E-state index in [2.05, 4.69) is 12.1 Å². The second-order valence-electron chi connectivity index (χ2n) is 2.69. The summed E-state index contributed by atoms with van der Waals surface area (Å²) in [5, 5.41) is 0. The average Bonchev–Trinajstić information content (AvgIpc) is 2.37. The summed E-state index contributed by atoms with van der Waals surface area (Å²) in [6, 6.07) is 0.343. The van der Waals surface area contributed by atoms with Crippen LogP contribution in [0.4, 0.5) is 0 Å². The van der Waals surface area contributed by atoms with Gasteiger partial charge >= 0.3 is 0 Å². The van der Waals surface area contributed by atoms with Gasteiger partial charge in [-0.2, -0.15) is 5.48 Å². The van der Waals surface area contributed by atoms with Crippen LogP contribution in [0.5, 0.6) is 0 Å². The van der Waals surface area contributed by atoms with Crippen LogP contribution in [0.1, 0.15) is 13.3 Å². The molecule has 0 radical (unpaired) electrons. The molecule has 0 aliphatic carbocycles. The Kier molecular flexibility index (Phi) is 3.56. The molecule has 3 nitrogen and oxygen atoms in total. The molecule has 64 valence electrons. The van der Waals surface area contributed by atoms with Crippen LogP contribution in [-0.2, 0) is 9.57 Å². The predicted octanol–water partition coefficient (Wildman–Crippen LogP) is 0.871. The smallest absolute Gasteiger partial charge is 0.0861 e. The predicted molar refractivity (Wildman–Crippen MR) is 43.1 cm³/mol. The van der Waals surface area contributed by atoms with Crippen LogP contribution in [0.3, 0.4) is 0 Å². The van der Waals surface area contributed by atoms with Gasteiger partial charge in [-0.1, -0.05) is 6.08 Å². The van der Waals surface area contributed by atoms with Crippen molar-refractivity contribution in [1.29, 1.82) is 0 Å². The van der Waals surface area contributed by atoms with Crippen molar-refractivity contribution >= 4 is 0 Å². The zero-order chi connectivity index (χ0) is 8.10. The Morgan fingerprint density at radius 1 is 1.82 bits per heavy atom. The van der Waals surface area contributed by atoms with Gasteiger partial charge in [0, 0.05) is 6.61 Å². The van der Waals surface area contributed by atoms with E-state index in [1.54, 1.807) is 6.08 Å². The van der Waals surface area contributed by atoms with Crippen LogP contribution in [0.2, 0.25) is 0 Å². The highest BCUT2D eigenvalue weighted by molar-refractivity contribution is 4.76. The van der Waals surface area contributed by atoms with Crippen molar-refractivity contribution in [2.24, 2.45) is 0 Å². The maximum Gasteiger partial charge on any atom is 0.0861 e. The molecule has 3 heteroatoms. The minimum Gasteiger partial charge on any atom is -0.377 e. The van der Waals surface area contributed by atoms with E-state index in [9.17, 15) is 0 Å². The van der Waals surface area contributed by atoms with Crippen molar-refractivity contribution in [3.63, 3.8) is 0 Å². The number of hydroxylamine groups is 1. The quantitative estimate of drug-likeness (QED) is 0.373. The van der Waals surface area contributed by atoms with E-state index in [1.165, 1.54) is 0 Å². The van der Waals surface area contributed by atoms with Gasteiger partial charge in [0.2, 0.25) is 0 Å². The minimum absolute atomic E-state index is 0.264. The highest BCUT2D eigenvalue weighted by Gasteiger charge is 2.23. The summed E-state index contributed by atoms with van der Waals surface area (Å²) >= 11 is 0. The van der Waals surface area contributed by atoms with E-state index >= 15 is 0 Å². The number of nitrogens with one attached hydrogen (secondary N) is 1. The summed E-state index contributed by atoms with van der Waals surface area (Å²) in [5.74, 6) is 0. The van der Waals surface area contributed by atoms with Crippen molar-refractivity contribution in [2.45, 2.75) is 25.5 Å². The summed E-state index contributed by atoms with van der Waals surface area (Å²) in [5.41, 5.74) is 2.94. The molecule has 11 heavy (non-hydrogen) atoms. The van der Waals surface area contributed by atoms with E-state index < -0.39 is 0 Å². The Morgan fingerprint density at radius 3 is 3.18 bits per heavy atom. The molecular formula is C8H15NO2. The Labute approximate surface area is 67.3 Å². The molecule has 0 aromatic carbocycles. The van der Waals surface area contributed by atoms with Crippen molar-refractivity contribution in [1.82, 2.24) is 5.48 Å². The molecule has 2 atom stereocenters. The Morgan fingerprint density at radius 2 is 2.64 bits per heavy atom. The molecule has 1 saturated heterocycles. The zero-order valence-corrected chi connectivity index (χ0v) is 6.88. The molecule has 0 spiro atoms. The van der Waals surface area contributed by atoms with Crippen LogP contribution in [-0.4, -0.2) is 25.4 Å². The molecule has 0 aromatic rings. The van der Waals surface area contributed by atoms with Crippen LogP contribution >= 0.6 is 0 Å². The number of rotatable bonds is 4. The maximum atomic E-state index is 5.33. The number of hydrogen-bond acceptors (Lipinski definition) is 3. The molecule has 1 heterocycles. The number of hydrogen-bond donors (Lipinski definition) is 1. The van der Waals surface area contributed by atoms with Gasteiger partial charge in [0.15, 0.2) is 0 Å². The molecule has 0 aromatic heterocycles. The standard InChI is InChI=1S/C8H15NO2/c1-3-5-11-9-8-4-6-10-7(8)2/h3,7-9H,1,4-6H2,2H3. The van der Waals surface area contributed by atoms with Gasteiger partial charge in [-0.25, -0.2) is 0 Å². The maximum absolute atomic E-state index is 5.33. The lowest BCUT2D eigenvalue weighted by atomic mass is 10.2. The fourth-order valence-corrected chi connectivity index (χ4v) is 1.10. The summed E-state index contributed by atoms with van der Waals surface area (Å²) in [4.78, 5) is 5.09. The molecule has 1 aliphatic heterocycles. The first-order chi connectivity index (χ1) is 5.34.